The van der Waals surface area contributed by atoms with Gasteiger partial charge in [0, 0.05) is 17.2 Å². The van der Waals surface area contributed by atoms with Crippen LogP contribution in [0.5, 0.6) is 0 Å². The Morgan fingerprint density at radius 3 is 2.86 bits per heavy atom. The van der Waals surface area contributed by atoms with Crippen LogP contribution >= 0.6 is 0 Å². The summed E-state index contributed by atoms with van der Waals surface area (Å²) in [5.74, 6) is 0. The molecule has 0 amide bonds. The minimum Gasteiger partial charge on any atom is -0.393 e. The minimum absolute atomic E-state index is 0.689. The van der Waals surface area contributed by atoms with Crippen LogP contribution < -0.4 is 11.2 Å². The van der Waals surface area contributed by atoms with E-state index < -0.39 is 41.6 Å². The summed E-state index contributed by atoms with van der Waals surface area (Å²) in [6.45, 7) is -0.0729. The fourth-order valence-corrected chi connectivity index (χ4v) is 2.20. The molecule has 21 heavy (non-hydrogen) atoms. The van der Waals surface area contributed by atoms with Crippen molar-refractivity contribution in [2.24, 2.45) is 5.11 Å². The number of aromatic amines is 1. The lowest BCUT2D eigenvalue weighted by atomic mass is 9.95. The van der Waals surface area contributed by atoms with Gasteiger partial charge in [-0.05, 0) is 12.5 Å². The zero-order chi connectivity index (χ0) is 15.8. The number of aliphatic hydroxyl groups excluding tert-OH is 2. The summed E-state index contributed by atoms with van der Waals surface area (Å²) < 4.78 is 20.5. The quantitative estimate of drug-likeness (QED) is 0.377. The SMILES string of the molecule is C[C@@]1(F)[C@@H](n2ccc(=O)[nH]c2=O)O[C@](CO)(N=[N+]=[N-])[C@@H]1O. The zero-order valence-corrected chi connectivity index (χ0v) is 10.8. The molecule has 0 aromatic carbocycles. The molecular formula is C10H12FN5O5. The summed E-state index contributed by atoms with van der Waals surface area (Å²) in [6, 6.07) is 0.958. The van der Waals surface area contributed by atoms with Gasteiger partial charge in [0.15, 0.2) is 11.9 Å². The molecule has 2 heterocycles. The van der Waals surface area contributed by atoms with Gasteiger partial charge >= 0.3 is 5.69 Å². The van der Waals surface area contributed by atoms with Gasteiger partial charge in [0.2, 0.25) is 5.72 Å². The van der Waals surface area contributed by atoms with Crippen LogP contribution in [0, 0.1) is 0 Å². The maximum atomic E-state index is 14.7. The lowest BCUT2D eigenvalue weighted by Crippen LogP contribution is -2.48. The van der Waals surface area contributed by atoms with Gasteiger partial charge in [0.05, 0.1) is 6.61 Å². The molecule has 4 atom stereocenters. The van der Waals surface area contributed by atoms with Gasteiger partial charge in [0.25, 0.3) is 5.56 Å². The Morgan fingerprint density at radius 1 is 1.67 bits per heavy atom. The Kier molecular flexibility index (Phi) is 3.59. The number of halogens is 1. The van der Waals surface area contributed by atoms with Gasteiger partial charge in [-0.15, -0.1) is 0 Å². The van der Waals surface area contributed by atoms with Gasteiger partial charge in [-0.2, -0.15) is 0 Å². The number of H-pyrrole nitrogens is 1. The van der Waals surface area contributed by atoms with E-state index in [4.69, 9.17) is 10.3 Å². The Bertz CT molecular complexity index is 708. The molecular weight excluding hydrogens is 289 g/mol. The van der Waals surface area contributed by atoms with Crippen molar-refractivity contribution in [1.82, 2.24) is 9.55 Å². The van der Waals surface area contributed by atoms with E-state index in [1.807, 2.05) is 4.98 Å². The van der Waals surface area contributed by atoms with Crippen LogP contribution in [0.4, 0.5) is 4.39 Å². The number of azide groups is 1. The first kappa shape index (κ1) is 15.2. The van der Waals surface area contributed by atoms with Gasteiger partial charge in [-0.25, -0.2) is 9.18 Å². The number of rotatable bonds is 3. The molecule has 114 valence electrons. The predicted molar refractivity (Wildman–Crippen MR) is 65.9 cm³/mol. The Hall–Kier alpha value is -2.20. The number of aromatic nitrogens is 2. The Morgan fingerprint density at radius 2 is 2.33 bits per heavy atom. The van der Waals surface area contributed by atoms with E-state index >= 15 is 0 Å². The predicted octanol–water partition coefficient (Wildman–Crippen LogP) is -0.847. The van der Waals surface area contributed by atoms with Crippen molar-refractivity contribution >= 4 is 0 Å². The average molecular weight is 301 g/mol. The van der Waals surface area contributed by atoms with Crippen molar-refractivity contribution in [3.63, 3.8) is 0 Å². The van der Waals surface area contributed by atoms with Crippen molar-refractivity contribution in [3.8, 4) is 0 Å². The van der Waals surface area contributed by atoms with E-state index in [-0.39, 0.29) is 0 Å². The second-order valence-corrected chi connectivity index (χ2v) is 4.73. The summed E-state index contributed by atoms with van der Waals surface area (Å²) in [5.41, 5.74) is 1.99. The van der Waals surface area contributed by atoms with Gasteiger partial charge in [-0.3, -0.25) is 14.3 Å². The van der Waals surface area contributed by atoms with E-state index in [2.05, 4.69) is 10.0 Å². The number of hydrogen-bond donors (Lipinski definition) is 3. The molecule has 11 heteroatoms. The van der Waals surface area contributed by atoms with Crippen LogP contribution in [0.3, 0.4) is 0 Å². The van der Waals surface area contributed by atoms with Crippen molar-refractivity contribution in [3.05, 3.63) is 43.5 Å². The highest BCUT2D eigenvalue weighted by molar-refractivity contribution is 5.07. The molecule has 0 saturated carbocycles. The third-order valence-corrected chi connectivity index (χ3v) is 3.30. The molecule has 1 saturated heterocycles. The van der Waals surface area contributed by atoms with Crippen molar-refractivity contribution in [2.45, 2.75) is 30.6 Å². The summed E-state index contributed by atoms with van der Waals surface area (Å²) in [7, 11) is 0. The Labute approximate surface area is 116 Å². The summed E-state index contributed by atoms with van der Waals surface area (Å²) in [6.07, 6.45) is -2.75. The molecule has 0 aliphatic carbocycles. The molecule has 2 rings (SSSR count). The number of nitrogens with one attached hydrogen (secondary N) is 1. The van der Waals surface area contributed by atoms with Gasteiger partial charge in [-0.1, -0.05) is 5.11 Å². The molecule has 1 fully saturated rings. The number of nitrogens with zero attached hydrogens (tertiary/aromatic N) is 4. The van der Waals surface area contributed by atoms with E-state index in [0.717, 1.165) is 19.2 Å². The van der Waals surface area contributed by atoms with E-state index in [9.17, 15) is 24.2 Å². The van der Waals surface area contributed by atoms with Crippen LogP contribution in [0.25, 0.3) is 10.4 Å². The molecule has 1 aliphatic rings. The second kappa shape index (κ2) is 4.97. The third-order valence-electron chi connectivity index (χ3n) is 3.30. The highest BCUT2D eigenvalue weighted by Crippen LogP contribution is 2.46. The fourth-order valence-electron chi connectivity index (χ4n) is 2.20. The van der Waals surface area contributed by atoms with Crippen LogP contribution in [0.1, 0.15) is 13.2 Å². The van der Waals surface area contributed by atoms with Gasteiger partial charge in [0.1, 0.15) is 6.10 Å². The van der Waals surface area contributed by atoms with E-state index in [1.165, 1.54) is 0 Å². The van der Waals surface area contributed by atoms with Crippen LogP contribution in [-0.4, -0.2) is 43.9 Å². The highest BCUT2D eigenvalue weighted by Gasteiger charge is 2.63. The highest BCUT2D eigenvalue weighted by atomic mass is 19.1. The fraction of sp³-hybridized carbons (Fsp3) is 0.600. The van der Waals surface area contributed by atoms with Crippen molar-refractivity contribution in [2.75, 3.05) is 6.61 Å². The topological polar surface area (TPSA) is 153 Å². The maximum Gasteiger partial charge on any atom is 0.330 e. The van der Waals surface area contributed by atoms with Crippen molar-refractivity contribution < 1.29 is 19.3 Å². The molecule has 1 aliphatic heterocycles. The first-order valence-electron chi connectivity index (χ1n) is 5.82. The molecule has 0 spiro atoms. The second-order valence-electron chi connectivity index (χ2n) is 4.73. The van der Waals surface area contributed by atoms with E-state index in [0.29, 0.717) is 4.57 Å². The standard InChI is InChI=1S/C10H12FN5O5/c1-9(11)6(19)10(4-17,14-15-12)21-7(9)16-3-2-5(18)13-8(16)20/h2-3,6-7,17,19H,4H2,1H3,(H,13,18,20)/t6-,7+,9+,10+/m1/s1. The zero-order valence-electron chi connectivity index (χ0n) is 10.8. The van der Waals surface area contributed by atoms with Crippen LogP contribution in [-0.2, 0) is 4.74 Å². The normalized spacial score (nSPS) is 35.4. The number of alkyl halides is 1. The summed E-state index contributed by atoms with van der Waals surface area (Å²) >= 11 is 0. The smallest absolute Gasteiger partial charge is 0.330 e. The van der Waals surface area contributed by atoms with Crippen molar-refractivity contribution in [1.29, 1.82) is 0 Å². The maximum absolute atomic E-state index is 14.7. The average Bonchev–Trinajstić information content (AvgIpc) is 2.61. The molecule has 10 nitrogen and oxygen atoms in total. The summed E-state index contributed by atoms with van der Waals surface area (Å²) in [5, 5.41) is 22.3. The first-order chi connectivity index (χ1) is 9.78. The van der Waals surface area contributed by atoms with E-state index in [1.54, 1.807) is 0 Å². The third kappa shape index (κ3) is 2.21. The first-order valence-corrected chi connectivity index (χ1v) is 5.82. The number of aliphatic hydroxyl groups is 2. The number of ether oxygens (including phenoxy) is 1. The van der Waals surface area contributed by atoms with Crippen LogP contribution in [0.15, 0.2) is 27.0 Å². The number of hydrogen-bond acceptors (Lipinski definition) is 6. The molecule has 0 unspecified atom stereocenters. The summed E-state index contributed by atoms with van der Waals surface area (Å²) in [4.78, 5) is 27.0. The molecule has 3 N–H and O–H groups in total. The van der Waals surface area contributed by atoms with Gasteiger partial charge < -0.3 is 14.9 Å². The molecule has 0 radical (unpaired) electrons. The largest absolute Gasteiger partial charge is 0.393 e. The molecule has 1 aromatic rings. The molecule has 1 aromatic heterocycles. The Balaban J connectivity index is 2.58. The van der Waals surface area contributed by atoms with Crippen LogP contribution in [0.2, 0.25) is 0 Å². The molecule has 0 bridgehead atoms. The minimum atomic E-state index is -2.56. The lowest BCUT2D eigenvalue weighted by Gasteiger charge is -2.26. The lowest BCUT2D eigenvalue weighted by molar-refractivity contribution is -0.125. The monoisotopic (exact) mass is 301 g/mol.